The highest BCUT2D eigenvalue weighted by molar-refractivity contribution is 6.02. The van der Waals surface area contributed by atoms with E-state index in [0.717, 1.165) is 114 Å². The highest BCUT2D eigenvalue weighted by Crippen LogP contribution is 2.45. The van der Waals surface area contributed by atoms with Crippen molar-refractivity contribution in [2.75, 3.05) is 89.3 Å². The number of carbonyl (C=O) groups excluding carboxylic acids is 3. The summed E-state index contributed by atoms with van der Waals surface area (Å²) in [6.07, 6.45) is 13.1. The highest BCUT2D eigenvalue weighted by atomic mass is 19.1. The summed E-state index contributed by atoms with van der Waals surface area (Å²) >= 11 is 0. The third kappa shape index (κ3) is 12.1. The van der Waals surface area contributed by atoms with Crippen molar-refractivity contribution in [3.63, 3.8) is 0 Å². The van der Waals surface area contributed by atoms with Crippen LogP contribution in [0, 0.1) is 35.3 Å². The number of hydrogen-bond acceptors (Lipinski definition) is 16. The van der Waals surface area contributed by atoms with Gasteiger partial charge in [0.05, 0.1) is 27.6 Å². The molecule has 7 saturated heterocycles. The number of anilines is 2. The lowest BCUT2D eigenvalue weighted by Crippen LogP contribution is -2.50. The Labute approximate surface area is 516 Å². The number of benzene rings is 3. The fourth-order valence-electron chi connectivity index (χ4n) is 15.1. The molecule has 0 bridgehead atoms. The third-order valence-corrected chi connectivity index (χ3v) is 19.9. The molecular formula is C67H80F2N10O10. The molecule has 20 nitrogen and oxygen atoms in total. The Balaban J connectivity index is 0.655. The first kappa shape index (κ1) is 60.5. The molecule has 0 radical (unpaired) electrons. The van der Waals surface area contributed by atoms with E-state index in [9.17, 15) is 19.2 Å². The van der Waals surface area contributed by atoms with Gasteiger partial charge in [-0.1, -0.05) is 24.8 Å². The second kappa shape index (κ2) is 25.4. The normalized spacial score (nSPS) is 24.7. The summed E-state index contributed by atoms with van der Waals surface area (Å²) in [4.78, 5) is 75.0. The van der Waals surface area contributed by atoms with Gasteiger partial charge in [0.2, 0.25) is 11.8 Å². The Morgan fingerprint density at radius 2 is 1.64 bits per heavy atom. The molecule has 0 saturated carbocycles. The number of imide groups is 1. The van der Waals surface area contributed by atoms with Crippen LogP contribution in [0.25, 0.3) is 44.0 Å². The first-order chi connectivity index (χ1) is 43.2. The predicted octanol–water partition coefficient (Wildman–Crippen LogP) is 9.35. The van der Waals surface area contributed by atoms with Crippen molar-refractivity contribution in [2.24, 2.45) is 18.9 Å². The van der Waals surface area contributed by atoms with Crippen molar-refractivity contribution in [1.82, 2.24) is 39.2 Å². The number of carbonyl (C=O) groups is 3. The van der Waals surface area contributed by atoms with Crippen LogP contribution in [0.2, 0.25) is 0 Å². The molecule has 89 heavy (non-hydrogen) atoms. The third-order valence-electron chi connectivity index (χ3n) is 19.9. The van der Waals surface area contributed by atoms with Gasteiger partial charge in [-0.15, -0.1) is 0 Å². The van der Waals surface area contributed by atoms with Crippen molar-refractivity contribution in [2.45, 2.75) is 146 Å². The molecule has 3 amide bonds. The Hall–Kier alpha value is -7.45. The summed E-state index contributed by atoms with van der Waals surface area (Å²) in [5.41, 5.74) is 2.02. The van der Waals surface area contributed by atoms with E-state index in [1.165, 1.54) is 17.7 Å². The maximum Gasteiger partial charge on any atom is 0.409 e. The molecule has 0 aliphatic carbocycles. The Morgan fingerprint density at radius 1 is 0.843 bits per heavy atom. The summed E-state index contributed by atoms with van der Waals surface area (Å²) in [6, 6.07) is 11.8. The number of aryl methyl sites for hydroxylation is 2. The molecular weight excluding hydrogens is 1140 g/mol. The number of aromatic nitrogens is 5. The molecule has 13 rings (SSSR count). The molecule has 1 N–H and O–H groups in total. The van der Waals surface area contributed by atoms with Crippen molar-refractivity contribution in [1.29, 1.82) is 0 Å². The zero-order valence-electron chi connectivity index (χ0n) is 51.5. The van der Waals surface area contributed by atoms with Crippen LogP contribution in [0.3, 0.4) is 0 Å². The van der Waals surface area contributed by atoms with E-state index in [1.54, 1.807) is 36.0 Å². The average molecular weight is 1220 g/mol. The molecule has 7 aliphatic rings. The lowest BCUT2D eigenvalue weighted by molar-refractivity contribution is -0.221. The largest absolute Gasteiger partial charge is 0.468 e. The maximum atomic E-state index is 17.9. The molecule has 3 aromatic carbocycles. The number of hydrogen-bond donors (Lipinski definition) is 1. The quantitative estimate of drug-likeness (QED) is 0.0579. The molecule has 7 fully saturated rings. The Kier molecular flexibility index (Phi) is 17.3. The van der Waals surface area contributed by atoms with Gasteiger partial charge in [0.15, 0.2) is 18.9 Å². The number of rotatable bonds is 15. The zero-order valence-corrected chi connectivity index (χ0v) is 51.5. The summed E-state index contributed by atoms with van der Waals surface area (Å²) < 4.78 is 73.2. The van der Waals surface area contributed by atoms with E-state index >= 15 is 8.78 Å². The minimum atomic E-state index is -0.725. The standard InChI is InChI=1S/C67H80F2N10O10/c1-5-48-51(68)15-13-44-34-47(88-41-84-4)36-49(57(44)48)59-58(69)60-50(37-70-59)61(77-27-8-24-66(2,39-77)89-56-10-6-7-33-85-56)73-63(72-60)87-40-67-25-9-28-78(67)46(19-26-67)38-86-65(83)76-31-22-43(23-32-76)12-11-42-20-29-75(30-21-42)45-14-16-52-54(35-45)74(3)64(82)79(52)53-17-18-55(80)71-62(53)81/h13-16,34-37,42-43,46,53,56H,5-10,17-33,38-41H2,1-4H3,(H,71,80,81)/t46-,53?,56?,66+,67-/m0/s1. The molecule has 22 heteroatoms. The van der Waals surface area contributed by atoms with Gasteiger partial charge in [0.25, 0.3) is 0 Å². The second-order valence-corrected chi connectivity index (χ2v) is 25.6. The highest BCUT2D eigenvalue weighted by Gasteiger charge is 2.50. The molecule has 3 aromatic heterocycles. The van der Waals surface area contributed by atoms with Crippen molar-refractivity contribution in [3.8, 4) is 34.9 Å². The Morgan fingerprint density at radius 3 is 2.40 bits per heavy atom. The van der Waals surface area contributed by atoms with Gasteiger partial charge in [0, 0.05) is 102 Å². The molecule has 6 aromatic rings. The second-order valence-electron chi connectivity index (χ2n) is 25.6. The van der Waals surface area contributed by atoms with Crippen LogP contribution in [0.1, 0.15) is 122 Å². The minimum Gasteiger partial charge on any atom is -0.468 e. The number of halogens is 2. The molecule has 0 spiro atoms. The maximum absolute atomic E-state index is 17.9. The first-order valence-electron chi connectivity index (χ1n) is 32.1. The minimum absolute atomic E-state index is 0.00176. The van der Waals surface area contributed by atoms with Crippen LogP contribution in [-0.2, 0) is 42.0 Å². The first-order valence-corrected chi connectivity index (χ1v) is 32.1. The van der Waals surface area contributed by atoms with Crippen LogP contribution in [-0.4, -0.2) is 155 Å². The molecule has 7 aliphatic heterocycles. The van der Waals surface area contributed by atoms with E-state index in [-0.39, 0.29) is 91.0 Å². The fraction of sp³-hybridized carbons (Fsp3) is 0.567. The SMILES string of the molecule is CCc1c(F)ccc2cc(OCOC)cc(-c3ncc4c(N5CCC[C@@](C)(OC6CCCCO6)C5)nc(OC[C@@]56CCCN5[C@H](COC(=O)N5CCC(C#CC7CCN(c8ccc9c(c8)n(C)c(=O)n9C8CCC(=O)NC8=O)CC7)CC5)CC6)nc4c3F)c12. The van der Waals surface area contributed by atoms with Gasteiger partial charge in [-0.3, -0.25) is 33.9 Å². The average Bonchev–Trinajstić information content (AvgIpc) is 2.94. The van der Waals surface area contributed by atoms with E-state index < -0.39 is 29.2 Å². The van der Waals surface area contributed by atoms with E-state index in [0.29, 0.717) is 90.0 Å². The van der Waals surface area contributed by atoms with Crippen LogP contribution in [0.15, 0.2) is 53.5 Å². The summed E-state index contributed by atoms with van der Waals surface area (Å²) in [5.74, 6) is 6.66. The molecule has 472 valence electrons. The number of ether oxygens (including phenoxy) is 6. The van der Waals surface area contributed by atoms with Crippen LogP contribution in [0.5, 0.6) is 11.8 Å². The number of nitrogens with one attached hydrogen (secondary N) is 1. The van der Waals surface area contributed by atoms with Crippen molar-refractivity contribution in [3.05, 3.63) is 76.3 Å². The number of likely N-dealkylation sites (tertiary alicyclic amines) is 1. The number of pyridine rings is 1. The zero-order chi connectivity index (χ0) is 61.6. The predicted molar refractivity (Wildman–Crippen MR) is 331 cm³/mol. The lowest BCUT2D eigenvalue weighted by Gasteiger charge is -2.43. The Bertz CT molecular complexity index is 3810. The summed E-state index contributed by atoms with van der Waals surface area (Å²) in [6.45, 7) is 9.83. The van der Waals surface area contributed by atoms with Gasteiger partial charge in [-0.05, 0) is 163 Å². The van der Waals surface area contributed by atoms with Crippen LogP contribution >= 0.6 is 0 Å². The summed E-state index contributed by atoms with van der Waals surface area (Å²) in [5, 5.41) is 3.99. The van der Waals surface area contributed by atoms with Gasteiger partial charge in [-0.25, -0.2) is 18.4 Å². The van der Waals surface area contributed by atoms with Gasteiger partial charge < -0.3 is 43.1 Å². The van der Waals surface area contributed by atoms with Crippen molar-refractivity contribution < 1.29 is 51.6 Å². The molecule has 5 atom stereocenters. The van der Waals surface area contributed by atoms with Crippen LogP contribution < -0.4 is 30.3 Å². The number of piperidine rings is 4. The lowest BCUT2D eigenvalue weighted by atomic mass is 9.93. The van der Waals surface area contributed by atoms with E-state index in [2.05, 4.69) is 38.8 Å². The number of fused-ring (bicyclic) bond motifs is 4. The number of methoxy groups -OCH3 is 1. The summed E-state index contributed by atoms with van der Waals surface area (Å²) in [7, 11) is 3.23. The van der Waals surface area contributed by atoms with Gasteiger partial charge in [-0.2, -0.15) is 9.97 Å². The topological polar surface area (TPSA) is 197 Å². The van der Waals surface area contributed by atoms with E-state index in [1.807, 2.05) is 30.0 Å². The van der Waals surface area contributed by atoms with Crippen molar-refractivity contribution >= 4 is 62.1 Å². The number of imidazole rings is 1. The molecule has 2 unspecified atom stereocenters. The monoisotopic (exact) mass is 1220 g/mol. The van der Waals surface area contributed by atoms with E-state index in [4.69, 9.17) is 43.4 Å². The molecule has 10 heterocycles. The number of nitrogens with zero attached hydrogens (tertiary/aromatic N) is 9. The fourth-order valence-corrected chi connectivity index (χ4v) is 15.1. The van der Waals surface area contributed by atoms with Gasteiger partial charge >= 0.3 is 17.8 Å². The smallest absolute Gasteiger partial charge is 0.409 e. The van der Waals surface area contributed by atoms with Gasteiger partial charge in [0.1, 0.15) is 47.9 Å². The number of amides is 3. The van der Waals surface area contributed by atoms with Crippen LogP contribution in [0.4, 0.5) is 25.1 Å².